The van der Waals surface area contributed by atoms with E-state index in [1.54, 1.807) is 20.8 Å². The number of aromatic nitrogens is 2. The maximum atomic E-state index is 11.4. The predicted molar refractivity (Wildman–Crippen MR) is 69.9 cm³/mol. The second-order valence-electron chi connectivity index (χ2n) is 4.75. The molecule has 2 N–H and O–H groups in total. The monoisotopic (exact) mass is 284 g/mol. The summed E-state index contributed by atoms with van der Waals surface area (Å²) in [4.78, 5) is 19.3. The van der Waals surface area contributed by atoms with Crippen LogP contribution in [0.3, 0.4) is 0 Å². The van der Waals surface area contributed by atoms with Gasteiger partial charge in [-0.3, -0.25) is 0 Å². The van der Waals surface area contributed by atoms with Crippen LogP contribution >= 0.6 is 11.6 Å². The first kappa shape index (κ1) is 13.5. The van der Waals surface area contributed by atoms with Crippen LogP contribution in [0, 0.1) is 0 Å². The van der Waals surface area contributed by atoms with E-state index < -0.39 is 11.7 Å². The van der Waals surface area contributed by atoms with Gasteiger partial charge in [0.25, 0.3) is 5.95 Å². The molecule has 1 aromatic rings. The Kier molecular flexibility index (Phi) is 3.52. The summed E-state index contributed by atoms with van der Waals surface area (Å²) in [5.41, 5.74) is -0.0178. The molecule has 1 aliphatic heterocycles. The molecule has 2 rings (SSSR count). The standard InChI is InChI=1S/C10H13ClN6O2/c1-10(2,3)19-9(18)17-16-8-14-6(11)5-7(15-8)13-4-12-5/h12H,4H2,1-3H3,(H,13,14,15). The van der Waals surface area contributed by atoms with E-state index in [4.69, 9.17) is 16.3 Å². The number of carbonyl (C=O) groups is 1. The van der Waals surface area contributed by atoms with Gasteiger partial charge in [0.15, 0.2) is 11.0 Å². The minimum Gasteiger partial charge on any atom is -0.441 e. The Morgan fingerprint density at radius 2 is 2.11 bits per heavy atom. The maximum absolute atomic E-state index is 11.4. The lowest BCUT2D eigenvalue weighted by atomic mass is 10.2. The van der Waals surface area contributed by atoms with Crippen LogP contribution in [0.15, 0.2) is 10.2 Å². The number of carbonyl (C=O) groups excluding carboxylic acids is 1. The minimum absolute atomic E-state index is 0.00851. The third-order valence-electron chi connectivity index (χ3n) is 1.99. The Morgan fingerprint density at radius 3 is 2.79 bits per heavy atom. The third-order valence-corrected chi connectivity index (χ3v) is 2.26. The largest absolute Gasteiger partial charge is 0.453 e. The zero-order chi connectivity index (χ0) is 14.0. The number of azo groups is 1. The van der Waals surface area contributed by atoms with E-state index >= 15 is 0 Å². The molecule has 1 amide bonds. The summed E-state index contributed by atoms with van der Waals surface area (Å²) >= 11 is 5.93. The second-order valence-corrected chi connectivity index (χ2v) is 5.11. The summed E-state index contributed by atoms with van der Waals surface area (Å²) < 4.78 is 4.97. The van der Waals surface area contributed by atoms with Crippen molar-refractivity contribution in [3.8, 4) is 0 Å². The molecule has 19 heavy (non-hydrogen) atoms. The van der Waals surface area contributed by atoms with Crippen molar-refractivity contribution in [3.63, 3.8) is 0 Å². The predicted octanol–water partition coefficient (Wildman–Crippen LogP) is 2.94. The average molecular weight is 285 g/mol. The molecule has 0 saturated heterocycles. The molecular weight excluding hydrogens is 272 g/mol. The molecule has 0 radical (unpaired) electrons. The fourth-order valence-electron chi connectivity index (χ4n) is 1.34. The number of rotatable bonds is 1. The van der Waals surface area contributed by atoms with Crippen LogP contribution < -0.4 is 10.6 Å². The van der Waals surface area contributed by atoms with Crippen LogP contribution in [0.25, 0.3) is 0 Å². The zero-order valence-electron chi connectivity index (χ0n) is 10.7. The molecule has 0 unspecified atom stereocenters. The number of nitrogens with zero attached hydrogens (tertiary/aromatic N) is 4. The van der Waals surface area contributed by atoms with Gasteiger partial charge in [-0.05, 0) is 20.8 Å². The van der Waals surface area contributed by atoms with Gasteiger partial charge in [-0.1, -0.05) is 16.7 Å². The normalized spacial score (nSPS) is 13.9. The summed E-state index contributed by atoms with van der Waals surface area (Å²) in [5.74, 6) is 0.518. The number of nitrogens with one attached hydrogen (secondary N) is 2. The Bertz CT molecular complexity index is 540. The Balaban J connectivity index is 2.12. The van der Waals surface area contributed by atoms with Gasteiger partial charge in [0, 0.05) is 0 Å². The van der Waals surface area contributed by atoms with Gasteiger partial charge < -0.3 is 15.4 Å². The molecule has 102 valence electrons. The van der Waals surface area contributed by atoms with Crippen molar-refractivity contribution in [2.24, 2.45) is 10.2 Å². The van der Waals surface area contributed by atoms with E-state index in [0.717, 1.165) is 0 Å². The topological polar surface area (TPSA) is 101 Å². The van der Waals surface area contributed by atoms with Crippen LogP contribution in [0.5, 0.6) is 0 Å². The van der Waals surface area contributed by atoms with Gasteiger partial charge in [-0.25, -0.2) is 4.79 Å². The van der Waals surface area contributed by atoms with Crippen molar-refractivity contribution in [2.45, 2.75) is 26.4 Å². The van der Waals surface area contributed by atoms with Crippen molar-refractivity contribution in [1.29, 1.82) is 0 Å². The molecule has 0 aromatic carbocycles. The lowest BCUT2D eigenvalue weighted by Gasteiger charge is -2.16. The van der Waals surface area contributed by atoms with Crippen LogP contribution in [-0.2, 0) is 4.74 Å². The highest BCUT2D eigenvalue weighted by molar-refractivity contribution is 6.32. The zero-order valence-corrected chi connectivity index (χ0v) is 11.4. The highest BCUT2D eigenvalue weighted by Crippen LogP contribution is 2.32. The van der Waals surface area contributed by atoms with Gasteiger partial charge in [0.05, 0.1) is 6.67 Å². The van der Waals surface area contributed by atoms with Gasteiger partial charge in [0.1, 0.15) is 11.3 Å². The Hall–Kier alpha value is -1.96. The van der Waals surface area contributed by atoms with Gasteiger partial charge in [-0.2, -0.15) is 9.97 Å². The fourth-order valence-corrected chi connectivity index (χ4v) is 1.57. The first-order valence-electron chi connectivity index (χ1n) is 5.55. The molecule has 0 aliphatic carbocycles. The van der Waals surface area contributed by atoms with Crippen molar-refractivity contribution in [1.82, 2.24) is 9.97 Å². The summed E-state index contributed by atoms with van der Waals surface area (Å²) in [7, 11) is 0. The molecule has 0 saturated carbocycles. The number of hydrogen-bond donors (Lipinski definition) is 2. The molecule has 2 heterocycles. The minimum atomic E-state index is -0.807. The van der Waals surface area contributed by atoms with E-state index in [2.05, 4.69) is 30.8 Å². The summed E-state index contributed by atoms with van der Waals surface area (Å²) in [6, 6.07) is 0. The number of halogens is 1. The molecule has 0 bridgehead atoms. The number of fused-ring (bicyclic) bond motifs is 1. The molecular formula is C10H13ClN6O2. The first-order valence-corrected chi connectivity index (χ1v) is 5.93. The molecule has 1 aliphatic rings. The van der Waals surface area contributed by atoms with E-state index in [1.807, 2.05) is 0 Å². The van der Waals surface area contributed by atoms with Crippen LogP contribution in [0.2, 0.25) is 5.15 Å². The molecule has 0 fully saturated rings. The molecule has 0 atom stereocenters. The van der Waals surface area contributed by atoms with Crippen molar-refractivity contribution in [2.75, 3.05) is 17.3 Å². The molecule has 1 aromatic heterocycles. The molecule has 8 nitrogen and oxygen atoms in total. The summed E-state index contributed by atoms with van der Waals surface area (Å²) in [6.07, 6.45) is -0.807. The van der Waals surface area contributed by atoms with Crippen LogP contribution in [-0.4, -0.2) is 28.3 Å². The highest BCUT2D eigenvalue weighted by atomic mass is 35.5. The van der Waals surface area contributed by atoms with Crippen molar-refractivity contribution in [3.05, 3.63) is 5.15 Å². The van der Waals surface area contributed by atoms with Crippen molar-refractivity contribution >= 4 is 35.1 Å². The smallest absolute Gasteiger partial charge is 0.441 e. The number of anilines is 2. The fraction of sp³-hybridized carbons (Fsp3) is 0.500. The summed E-state index contributed by atoms with van der Waals surface area (Å²) in [5, 5.41) is 13.1. The second kappa shape index (κ2) is 4.96. The lowest BCUT2D eigenvalue weighted by Crippen LogP contribution is -2.21. The lowest BCUT2D eigenvalue weighted by molar-refractivity contribution is 0.0592. The third kappa shape index (κ3) is 3.50. The van der Waals surface area contributed by atoms with Crippen molar-refractivity contribution < 1.29 is 9.53 Å². The number of ether oxygens (including phenoxy) is 1. The number of amides is 1. The van der Waals surface area contributed by atoms with E-state index in [9.17, 15) is 4.79 Å². The van der Waals surface area contributed by atoms with E-state index in [0.29, 0.717) is 18.2 Å². The van der Waals surface area contributed by atoms with E-state index in [-0.39, 0.29) is 11.1 Å². The van der Waals surface area contributed by atoms with Gasteiger partial charge in [0.2, 0.25) is 0 Å². The number of hydrogen-bond acceptors (Lipinski definition) is 7. The van der Waals surface area contributed by atoms with Crippen LogP contribution in [0.4, 0.5) is 22.2 Å². The van der Waals surface area contributed by atoms with Gasteiger partial charge >= 0.3 is 6.09 Å². The first-order chi connectivity index (χ1) is 8.85. The van der Waals surface area contributed by atoms with Gasteiger partial charge in [-0.15, -0.1) is 5.11 Å². The average Bonchev–Trinajstić information content (AvgIpc) is 2.72. The summed E-state index contributed by atoms with van der Waals surface area (Å²) in [6.45, 7) is 5.71. The quantitative estimate of drug-likeness (QED) is 0.607. The Labute approximate surface area is 114 Å². The SMILES string of the molecule is CC(C)(C)OC(=O)N=Nc1nc(Cl)c2c(n1)NCN2. The van der Waals surface area contributed by atoms with E-state index in [1.165, 1.54) is 0 Å². The van der Waals surface area contributed by atoms with Crippen LogP contribution in [0.1, 0.15) is 20.8 Å². The molecule has 0 spiro atoms. The highest BCUT2D eigenvalue weighted by Gasteiger charge is 2.18. The molecule has 9 heteroatoms. The Morgan fingerprint density at radius 1 is 1.37 bits per heavy atom. The maximum Gasteiger partial charge on any atom is 0.453 e.